The van der Waals surface area contributed by atoms with Gasteiger partial charge in [-0.15, -0.1) is 5.10 Å². The lowest BCUT2D eigenvalue weighted by Gasteiger charge is -2.42. The van der Waals surface area contributed by atoms with Crippen molar-refractivity contribution in [1.29, 1.82) is 0 Å². The normalized spacial score (nSPS) is 25.0. The average molecular weight is 1460 g/mol. The number of aromatic nitrogens is 3. The van der Waals surface area contributed by atoms with Crippen LogP contribution in [0.4, 0.5) is 0 Å². The first kappa shape index (κ1) is 71.7. The van der Waals surface area contributed by atoms with Crippen molar-refractivity contribution in [3.8, 4) is 80.1 Å². The maximum Gasteiger partial charge on any atom is 0.333 e. The zero-order valence-corrected chi connectivity index (χ0v) is 55.6. The number of fused-ring (bicyclic) bond motifs is 14. The molecule has 8 aromatic rings. The lowest BCUT2D eigenvalue weighted by Crippen LogP contribution is -2.64. The van der Waals surface area contributed by atoms with Crippen molar-refractivity contribution in [3.63, 3.8) is 0 Å². The Morgan fingerprint density at radius 1 is 0.557 bits per heavy atom. The molecule has 1 saturated heterocycles. The molecule has 17 bridgehead atoms. The van der Waals surface area contributed by atoms with Gasteiger partial charge in [0.25, 0.3) is 0 Å². The summed E-state index contributed by atoms with van der Waals surface area (Å²) < 4.78 is 36.5. The highest BCUT2D eigenvalue weighted by Crippen LogP contribution is 2.48. The number of carbonyl (C=O) groups excluding carboxylic acids is 8. The van der Waals surface area contributed by atoms with Crippen molar-refractivity contribution in [1.82, 2.24) is 52.2 Å². The van der Waals surface area contributed by atoms with Gasteiger partial charge in [-0.1, -0.05) is 41.6 Å². The van der Waals surface area contributed by atoms with E-state index in [1.807, 2.05) is 0 Å². The number of aliphatic hydroxyl groups is 5. The van der Waals surface area contributed by atoms with E-state index in [1.165, 1.54) is 79.9 Å². The number of nitrogens with zero attached hydrogens (tertiary/aromatic N) is 3. The van der Waals surface area contributed by atoms with Crippen molar-refractivity contribution < 1.29 is 123 Å². The van der Waals surface area contributed by atoms with Crippen LogP contribution >= 0.6 is 0 Å². The lowest BCUT2D eigenvalue weighted by atomic mass is 9.89. The number of methoxy groups -OCH3 is 1. The van der Waals surface area contributed by atoms with Gasteiger partial charge in [-0.05, 0) is 119 Å². The molecule has 106 heavy (non-hydrogen) atoms. The summed E-state index contributed by atoms with van der Waals surface area (Å²) in [5.74, 6) is -15.5. The number of aromatic hydroxyl groups is 6. The lowest BCUT2D eigenvalue weighted by molar-refractivity contribution is -0.273. The fraction of sp³-hybridized carbons (Fsp3) is 0.268. The third-order valence-electron chi connectivity index (χ3n) is 18.4. The summed E-state index contributed by atoms with van der Waals surface area (Å²) in [6.07, 6.45) is -9.18. The van der Waals surface area contributed by atoms with E-state index in [4.69, 9.17) is 28.4 Å². The van der Waals surface area contributed by atoms with Crippen molar-refractivity contribution in [2.24, 2.45) is 0 Å². The number of phenolic OH excluding ortho intramolecular Hbond substituents is 6. The van der Waals surface area contributed by atoms with Gasteiger partial charge in [0.15, 0.2) is 41.4 Å². The Kier molecular flexibility index (Phi) is 19.6. The maximum absolute atomic E-state index is 16.0. The molecular weight excluding hydrogens is 1390 g/mol. The highest BCUT2D eigenvalue weighted by Gasteiger charge is 2.47. The van der Waals surface area contributed by atoms with Crippen LogP contribution < -0.4 is 51.4 Å². The number of benzene rings is 7. The Hall–Kier alpha value is -12.6. The molecule has 7 amide bonds. The van der Waals surface area contributed by atoms with E-state index in [0.717, 1.165) is 73.3 Å². The summed E-state index contributed by atoms with van der Waals surface area (Å²) in [6, 6.07) is 7.34. The van der Waals surface area contributed by atoms with Crippen LogP contribution in [-0.4, -0.2) is 175 Å². The van der Waals surface area contributed by atoms with E-state index in [1.54, 1.807) is 0 Å². The SMILES string of the molecule is COC(=O)[C@@H]1NC(=O)[C@H]2NC(=O)[C@H](NC(=O)[C@@H]3NC(=O)[C@H]4NC(=O)[C@H](NC(=O)[C@H](n5cc(CO[C@H]6O[C@H](CO)[C@@H](O)[C@H](O)[C@H]6NC(C)=O)nn5)c5ccc(O)c(c5)Oc5cc4cc(O)c5C)[C@H](O)c4ccc(cc4)Oc4cc3cc(c4O)Oc3ccc(cc3)[C@H]2O)c2ccc(O)c(c2)-c2c(O)cc(O)cc21. The van der Waals surface area contributed by atoms with Gasteiger partial charge >= 0.3 is 5.97 Å². The molecule has 0 saturated carbocycles. The zero-order chi connectivity index (χ0) is 75.4. The van der Waals surface area contributed by atoms with Crippen LogP contribution in [0.3, 0.4) is 0 Å². The number of ether oxygens (including phenoxy) is 6. The summed E-state index contributed by atoms with van der Waals surface area (Å²) in [6.45, 7) is 1.20. The van der Waals surface area contributed by atoms with E-state index in [-0.39, 0.29) is 73.0 Å². The van der Waals surface area contributed by atoms with Gasteiger partial charge in [0.05, 0.1) is 26.5 Å². The highest BCUT2D eigenvalue weighted by atomic mass is 16.7. The Morgan fingerprint density at radius 2 is 1.09 bits per heavy atom. The van der Waals surface area contributed by atoms with Gasteiger partial charge in [-0.25, -0.2) is 9.48 Å². The number of aliphatic hydroxyl groups excluding tert-OH is 5. The molecule has 550 valence electrons. The summed E-state index contributed by atoms with van der Waals surface area (Å²) in [4.78, 5) is 119. The van der Waals surface area contributed by atoms with Crippen LogP contribution in [0.25, 0.3) is 11.1 Å². The van der Waals surface area contributed by atoms with Crippen molar-refractivity contribution in [3.05, 3.63) is 178 Å². The Balaban J connectivity index is 0.952. The summed E-state index contributed by atoms with van der Waals surface area (Å²) in [5, 5.41) is 152. The summed E-state index contributed by atoms with van der Waals surface area (Å²) in [5.41, 5.74) is -2.44. The summed E-state index contributed by atoms with van der Waals surface area (Å²) >= 11 is 0. The minimum Gasteiger partial charge on any atom is -0.508 e. The molecule has 0 unspecified atom stereocenters. The van der Waals surface area contributed by atoms with Crippen molar-refractivity contribution >= 4 is 47.3 Å². The largest absolute Gasteiger partial charge is 0.508 e. The molecule has 15 rings (SSSR count). The number of carbonyl (C=O) groups is 8. The van der Waals surface area contributed by atoms with Gasteiger partial charge in [-0.3, -0.25) is 33.6 Å². The minimum absolute atomic E-state index is 0.0432. The van der Waals surface area contributed by atoms with Crippen LogP contribution in [0.5, 0.6) is 69.0 Å². The molecule has 14 atom stereocenters. The second-order valence-electron chi connectivity index (χ2n) is 25.4. The molecule has 0 radical (unpaired) electrons. The van der Waals surface area contributed by atoms with Gasteiger partial charge < -0.3 is 122 Å². The fourth-order valence-electron chi connectivity index (χ4n) is 12.9. The van der Waals surface area contributed by atoms with Crippen LogP contribution in [0.2, 0.25) is 0 Å². The smallest absolute Gasteiger partial charge is 0.333 e. The molecule has 7 aromatic carbocycles. The molecule has 0 spiro atoms. The Labute approximate surface area is 597 Å². The first-order valence-electron chi connectivity index (χ1n) is 32.5. The predicted molar refractivity (Wildman–Crippen MR) is 357 cm³/mol. The standard InChI is InChI=1S/C71H66N10O25/c1-27-43(87)17-33-19-45(27)105-46-18-32(9-15-42(46)86)58(81-24-35(79-80-81)26-102-71-57(72-28(2)83)63(93)62(92)49(25-82)106-71)69(99)78-56-60(90)30-6-12-38(13-7-30)104-48-21-34-20-47(61(48)91)103-37-10-4-29(5-11-37)59(89)55-68(98)76-54(70(100)101-3)40-22-36(84)23-44(88)50(40)39-16-31(8-14-41(39)85)51(64(94)77-55)73-66(96)53(34)74-65(95)52(33)75-67(56)97/h4-24,49,51-60,62-63,71,82,84-93H,25-26H2,1-3H3,(H,72,83)(H,73,96)(H,74,95)(H,75,97)(H,76,98)(H,77,94)(H,78,99)/t49-,51-,52+,53-,54-,55+,56-,57-,58-,59-,60-,62-,63-,71+/m1/s1. The number of hydrogen-bond donors (Lipinski definition) is 18. The number of esters is 1. The second-order valence-corrected chi connectivity index (χ2v) is 25.4. The van der Waals surface area contributed by atoms with Crippen LogP contribution in [0, 0.1) is 6.92 Å². The van der Waals surface area contributed by atoms with E-state index < -0.39 is 203 Å². The molecule has 8 heterocycles. The summed E-state index contributed by atoms with van der Waals surface area (Å²) in [7, 11) is 0.960. The Bertz CT molecular complexity index is 4860. The number of hydrogen-bond acceptors (Lipinski definition) is 27. The molecule has 35 heteroatoms. The molecule has 1 aromatic heterocycles. The van der Waals surface area contributed by atoms with Crippen molar-refractivity contribution in [2.75, 3.05) is 13.7 Å². The second kappa shape index (κ2) is 28.9. The quantitative estimate of drug-likeness (QED) is 0.0997. The molecule has 1 fully saturated rings. The third kappa shape index (κ3) is 13.9. The van der Waals surface area contributed by atoms with Crippen LogP contribution in [0.1, 0.15) is 99.5 Å². The van der Waals surface area contributed by atoms with E-state index in [9.17, 15) is 70.6 Å². The Morgan fingerprint density at radius 3 is 1.71 bits per heavy atom. The van der Waals surface area contributed by atoms with Gasteiger partial charge in [-0.2, -0.15) is 0 Å². The minimum atomic E-state index is -2.22. The van der Waals surface area contributed by atoms with Crippen molar-refractivity contribution in [2.45, 2.75) is 106 Å². The molecule has 0 aliphatic carbocycles. The van der Waals surface area contributed by atoms with Gasteiger partial charge in [0, 0.05) is 35.2 Å². The molecule has 7 aliphatic rings. The number of phenols is 6. The molecule has 18 N–H and O–H groups in total. The monoisotopic (exact) mass is 1460 g/mol. The van der Waals surface area contributed by atoms with E-state index in [2.05, 4.69) is 47.5 Å². The van der Waals surface area contributed by atoms with Crippen LogP contribution in [-0.2, 0) is 59.2 Å². The molecular formula is C71H66N10O25. The first-order chi connectivity index (χ1) is 50.6. The predicted octanol–water partition coefficient (Wildman–Crippen LogP) is 1.21. The zero-order valence-electron chi connectivity index (χ0n) is 55.6. The average Bonchev–Trinajstić information content (AvgIpc) is 0.827. The highest BCUT2D eigenvalue weighted by molar-refractivity contribution is 6.00. The topological polar surface area (TPSA) is 529 Å². The van der Waals surface area contributed by atoms with E-state index >= 15 is 24.0 Å². The fourth-order valence-corrected chi connectivity index (χ4v) is 12.9. The molecule has 35 nitrogen and oxygen atoms in total. The van der Waals surface area contributed by atoms with E-state index in [0.29, 0.717) is 0 Å². The number of rotatable bonds is 7. The maximum atomic E-state index is 16.0. The third-order valence-corrected chi connectivity index (χ3v) is 18.4. The molecule has 7 aliphatic heterocycles. The first-order valence-corrected chi connectivity index (χ1v) is 32.5. The number of amides is 7. The van der Waals surface area contributed by atoms with Crippen LogP contribution in [0.15, 0.2) is 128 Å². The van der Waals surface area contributed by atoms with Gasteiger partial charge in [0.2, 0.25) is 47.1 Å². The number of nitrogens with one attached hydrogen (secondary N) is 7. The van der Waals surface area contributed by atoms with Gasteiger partial charge in [0.1, 0.15) is 113 Å².